The normalized spacial score (nSPS) is 20.2. The molecule has 0 bridgehead atoms. The van der Waals surface area contributed by atoms with E-state index in [0.717, 1.165) is 30.9 Å². The lowest BCUT2D eigenvalue weighted by Gasteiger charge is -2.32. The number of hydrogen-bond donors (Lipinski definition) is 0. The number of piperidine rings is 1. The van der Waals surface area contributed by atoms with E-state index in [1.54, 1.807) is 23.5 Å². The van der Waals surface area contributed by atoms with Crippen molar-refractivity contribution in [2.45, 2.75) is 18.8 Å². The Morgan fingerprint density at radius 2 is 2.23 bits per heavy atom. The van der Waals surface area contributed by atoms with Gasteiger partial charge in [-0.1, -0.05) is 0 Å². The number of likely N-dealkylation sites (tertiary alicyclic amines) is 1. The summed E-state index contributed by atoms with van der Waals surface area (Å²) in [6, 6.07) is 5.39. The van der Waals surface area contributed by atoms with Crippen LogP contribution in [0.2, 0.25) is 0 Å². The smallest absolute Gasteiger partial charge is 0.254 e. The van der Waals surface area contributed by atoms with Crippen molar-refractivity contribution in [3.05, 3.63) is 40.3 Å². The molecule has 3 heterocycles. The van der Waals surface area contributed by atoms with Crippen LogP contribution in [-0.4, -0.2) is 35.7 Å². The van der Waals surface area contributed by atoms with Crippen molar-refractivity contribution >= 4 is 17.2 Å². The minimum atomic E-state index is 0.0551. The first kappa shape index (κ1) is 13.6. The van der Waals surface area contributed by atoms with Crippen LogP contribution in [0.4, 0.5) is 0 Å². The Hall–Kier alpha value is -2.08. The van der Waals surface area contributed by atoms with E-state index in [9.17, 15) is 4.79 Å². The number of hydrogen-bond acceptors (Lipinski definition) is 5. The second-order valence-electron chi connectivity index (χ2n) is 5.53. The van der Waals surface area contributed by atoms with E-state index >= 15 is 0 Å². The van der Waals surface area contributed by atoms with Crippen molar-refractivity contribution in [2.24, 2.45) is 0 Å². The molecule has 2 aliphatic heterocycles. The lowest BCUT2D eigenvalue weighted by molar-refractivity contribution is 0.0706. The van der Waals surface area contributed by atoms with Crippen LogP contribution in [0.5, 0.6) is 11.5 Å². The van der Waals surface area contributed by atoms with Crippen LogP contribution in [0.1, 0.15) is 34.1 Å². The number of fused-ring (bicyclic) bond motifs is 1. The molecule has 2 aromatic rings. The molecule has 5 nitrogen and oxygen atoms in total. The molecule has 1 fully saturated rings. The average molecular weight is 316 g/mol. The standard InChI is InChI=1S/C16H16N2O3S/c19-16(11-3-4-13-14(8-11)21-10-20-13)18-6-1-2-12(9-18)15-17-5-7-22-15/h3-5,7-8,12H,1-2,6,9-10H2/t12-/m0/s1. The number of thiazole rings is 1. The first-order valence-corrected chi connectivity index (χ1v) is 8.27. The third-order valence-electron chi connectivity index (χ3n) is 4.13. The molecule has 1 amide bonds. The lowest BCUT2D eigenvalue weighted by atomic mass is 9.98. The summed E-state index contributed by atoms with van der Waals surface area (Å²) >= 11 is 1.67. The van der Waals surface area contributed by atoms with E-state index in [1.807, 2.05) is 22.5 Å². The fraction of sp³-hybridized carbons (Fsp3) is 0.375. The number of carbonyl (C=O) groups excluding carboxylic acids is 1. The van der Waals surface area contributed by atoms with Crippen LogP contribution in [0.25, 0.3) is 0 Å². The fourth-order valence-electron chi connectivity index (χ4n) is 3.01. The lowest BCUT2D eigenvalue weighted by Crippen LogP contribution is -2.39. The maximum atomic E-state index is 12.7. The number of rotatable bonds is 2. The molecule has 1 atom stereocenters. The molecule has 0 aliphatic carbocycles. The van der Waals surface area contributed by atoms with Gasteiger partial charge in [0.1, 0.15) is 0 Å². The fourth-order valence-corrected chi connectivity index (χ4v) is 3.78. The van der Waals surface area contributed by atoms with Gasteiger partial charge < -0.3 is 14.4 Å². The van der Waals surface area contributed by atoms with Crippen LogP contribution in [-0.2, 0) is 0 Å². The Kier molecular flexibility index (Phi) is 3.46. The summed E-state index contributed by atoms with van der Waals surface area (Å²) in [6.07, 6.45) is 3.94. The Bertz CT molecular complexity index is 687. The quantitative estimate of drug-likeness (QED) is 0.855. The summed E-state index contributed by atoms with van der Waals surface area (Å²) in [5.74, 6) is 1.77. The van der Waals surface area contributed by atoms with Gasteiger partial charge in [0.25, 0.3) is 5.91 Å². The summed E-state index contributed by atoms with van der Waals surface area (Å²) in [5.41, 5.74) is 0.657. The predicted octanol–water partition coefficient (Wildman–Crippen LogP) is 2.89. The summed E-state index contributed by atoms with van der Waals surface area (Å²) in [5, 5.41) is 3.12. The highest BCUT2D eigenvalue weighted by Gasteiger charge is 2.27. The van der Waals surface area contributed by atoms with Gasteiger partial charge in [-0.3, -0.25) is 4.79 Å². The van der Waals surface area contributed by atoms with Gasteiger partial charge in [-0.25, -0.2) is 4.98 Å². The van der Waals surface area contributed by atoms with Crippen LogP contribution < -0.4 is 9.47 Å². The summed E-state index contributed by atoms with van der Waals surface area (Å²) in [4.78, 5) is 19.0. The van der Waals surface area contributed by atoms with Crippen molar-refractivity contribution in [2.75, 3.05) is 19.9 Å². The van der Waals surface area contributed by atoms with Crippen LogP contribution in [0.3, 0.4) is 0 Å². The van der Waals surface area contributed by atoms with E-state index in [2.05, 4.69) is 4.98 Å². The molecule has 0 radical (unpaired) electrons. The molecule has 1 aromatic carbocycles. The zero-order valence-electron chi connectivity index (χ0n) is 12.0. The number of carbonyl (C=O) groups is 1. The molecular formula is C16H16N2O3S. The van der Waals surface area contributed by atoms with E-state index in [1.165, 1.54) is 0 Å². The molecule has 1 saturated heterocycles. The third-order valence-corrected chi connectivity index (χ3v) is 5.07. The summed E-state index contributed by atoms with van der Waals surface area (Å²) < 4.78 is 10.6. The molecule has 6 heteroatoms. The number of nitrogens with zero attached hydrogens (tertiary/aromatic N) is 2. The summed E-state index contributed by atoms with van der Waals surface area (Å²) in [7, 11) is 0. The minimum Gasteiger partial charge on any atom is -0.454 e. The van der Waals surface area contributed by atoms with Gasteiger partial charge in [0.2, 0.25) is 6.79 Å². The monoisotopic (exact) mass is 316 g/mol. The Morgan fingerprint density at radius 1 is 1.32 bits per heavy atom. The highest BCUT2D eigenvalue weighted by atomic mass is 32.1. The first-order valence-electron chi connectivity index (χ1n) is 7.39. The maximum absolute atomic E-state index is 12.7. The second-order valence-corrected chi connectivity index (χ2v) is 6.45. The average Bonchev–Trinajstić information content (AvgIpc) is 3.25. The van der Waals surface area contributed by atoms with Gasteiger partial charge in [0.15, 0.2) is 11.5 Å². The van der Waals surface area contributed by atoms with Crippen LogP contribution >= 0.6 is 11.3 Å². The van der Waals surface area contributed by atoms with E-state index < -0.39 is 0 Å². The Morgan fingerprint density at radius 3 is 3.09 bits per heavy atom. The molecule has 0 unspecified atom stereocenters. The second kappa shape index (κ2) is 5.61. The number of ether oxygens (including phenoxy) is 2. The highest BCUT2D eigenvalue weighted by Crippen LogP contribution is 2.34. The molecule has 0 saturated carbocycles. The molecular weight excluding hydrogens is 300 g/mol. The van der Waals surface area contributed by atoms with Gasteiger partial charge in [-0.2, -0.15) is 0 Å². The topological polar surface area (TPSA) is 51.7 Å². The number of aromatic nitrogens is 1. The molecule has 1 aromatic heterocycles. The molecule has 4 rings (SSSR count). The number of benzene rings is 1. The zero-order valence-corrected chi connectivity index (χ0v) is 12.8. The van der Waals surface area contributed by atoms with Crippen molar-refractivity contribution in [1.29, 1.82) is 0 Å². The highest BCUT2D eigenvalue weighted by molar-refractivity contribution is 7.09. The SMILES string of the molecule is O=C(c1ccc2c(c1)OCO2)N1CCC[C@H](c2nccs2)C1. The van der Waals surface area contributed by atoms with Gasteiger partial charge in [0.05, 0.1) is 5.01 Å². The molecule has 0 N–H and O–H groups in total. The van der Waals surface area contributed by atoms with Crippen molar-refractivity contribution in [3.8, 4) is 11.5 Å². The predicted molar refractivity (Wildman–Crippen MR) is 82.6 cm³/mol. The maximum Gasteiger partial charge on any atom is 0.254 e. The van der Waals surface area contributed by atoms with Gasteiger partial charge in [-0.05, 0) is 31.0 Å². The Labute approximate surface area is 132 Å². The zero-order chi connectivity index (χ0) is 14.9. The van der Waals surface area contributed by atoms with Crippen LogP contribution in [0.15, 0.2) is 29.8 Å². The summed E-state index contributed by atoms with van der Waals surface area (Å²) in [6.45, 7) is 1.76. The number of amides is 1. The van der Waals surface area contributed by atoms with Crippen molar-refractivity contribution in [3.63, 3.8) is 0 Å². The largest absolute Gasteiger partial charge is 0.454 e. The molecule has 114 valence electrons. The molecule has 22 heavy (non-hydrogen) atoms. The Balaban J connectivity index is 1.52. The van der Waals surface area contributed by atoms with Crippen molar-refractivity contribution < 1.29 is 14.3 Å². The van der Waals surface area contributed by atoms with Crippen molar-refractivity contribution in [1.82, 2.24) is 9.88 Å². The van der Waals surface area contributed by atoms with Gasteiger partial charge in [0, 0.05) is 36.1 Å². The minimum absolute atomic E-state index is 0.0551. The third kappa shape index (κ3) is 2.43. The van der Waals surface area contributed by atoms with Crippen LogP contribution in [0, 0.1) is 0 Å². The molecule has 2 aliphatic rings. The molecule has 0 spiro atoms. The van der Waals surface area contributed by atoms with E-state index in [0.29, 0.717) is 23.0 Å². The van der Waals surface area contributed by atoms with Gasteiger partial charge in [-0.15, -0.1) is 11.3 Å². The van der Waals surface area contributed by atoms with E-state index in [-0.39, 0.29) is 12.7 Å². The van der Waals surface area contributed by atoms with Gasteiger partial charge >= 0.3 is 0 Å². The van der Waals surface area contributed by atoms with E-state index in [4.69, 9.17) is 9.47 Å². The first-order chi connectivity index (χ1) is 10.8.